The van der Waals surface area contributed by atoms with Gasteiger partial charge in [0.2, 0.25) is 0 Å². The molecule has 0 heterocycles. The van der Waals surface area contributed by atoms with E-state index in [-0.39, 0.29) is 0 Å². The van der Waals surface area contributed by atoms with Gasteiger partial charge in [-0.3, -0.25) is 0 Å². The molecule has 0 aromatic heterocycles. The van der Waals surface area contributed by atoms with E-state index in [0.29, 0.717) is 0 Å². The van der Waals surface area contributed by atoms with Crippen LogP contribution in [0.3, 0.4) is 0 Å². The summed E-state index contributed by atoms with van der Waals surface area (Å²) < 4.78 is 6.08. The van der Waals surface area contributed by atoms with Crippen molar-refractivity contribution in [2.75, 3.05) is 0 Å². The summed E-state index contributed by atoms with van der Waals surface area (Å²) in [5.74, 6) is 6.87. The van der Waals surface area contributed by atoms with Crippen LogP contribution in [-0.4, -0.2) is 18.4 Å². The molecule has 0 saturated carbocycles. The maximum absolute atomic E-state index is 3.48. The summed E-state index contributed by atoms with van der Waals surface area (Å²) in [5.41, 5.74) is 2.54. The van der Waals surface area contributed by atoms with Crippen LogP contribution in [0.1, 0.15) is 70.4 Å². The van der Waals surface area contributed by atoms with Gasteiger partial charge in [0, 0.05) is 0 Å². The van der Waals surface area contributed by atoms with Gasteiger partial charge < -0.3 is 0 Å². The molecule has 154 valence electrons. The predicted molar refractivity (Wildman–Crippen MR) is 133 cm³/mol. The number of unbranched alkanes of at least 4 members (excludes halogenated alkanes) is 3. The van der Waals surface area contributed by atoms with Crippen LogP contribution in [0, 0.1) is 11.8 Å². The fourth-order valence-corrected chi connectivity index (χ4v) is 20.8. The third-order valence-electron chi connectivity index (χ3n) is 5.89. The average molecular weight is 493 g/mol. The van der Waals surface area contributed by atoms with E-state index in [0.717, 1.165) is 5.56 Å². The Morgan fingerprint density at radius 3 is 1.69 bits per heavy atom. The second-order valence-electron chi connectivity index (χ2n) is 8.15. The molecule has 2 aromatic carbocycles. The van der Waals surface area contributed by atoms with Gasteiger partial charge in [0.25, 0.3) is 0 Å². The van der Waals surface area contributed by atoms with E-state index >= 15 is 0 Å². The number of benzene rings is 2. The van der Waals surface area contributed by atoms with Crippen LogP contribution in [0.4, 0.5) is 0 Å². The second kappa shape index (κ2) is 13.7. The first kappa shape index (κ1) is 23.8. The minimum absolute atomic E-state index is 1.10. The Labute approximate surface area is 183 Å². The summed E-state index contributed by atoms with van der Waals surface area (Å²) in [4.78, 5) is 0. The Balaban J connectivity index is 2.52. The number of allylic oxidation sites excluding steroid dienone is 1. The van der Waals surface area contributed by atoms with Gasteiger partial charge in [-0.25, -0.2) is 0 Å². The van der Waals surface area contributed by atoms with Crippen LogP contribution in [-0.2, 0) is 0 Å². The number of hydrogen-bond acceptors (Lipinski definition) is 0. The molecule has 29 heavy (non-hydrogen) atoms. The van der Waals surface area contributed by atoms with Gasteiger partial charge >= 0.3 is 184 Å². The topological polar surface area (TPSA) is 0 Å². The van der Waals surface area contributed by atoms with Crippen LogP contribution in [0.5, 0.6) is 0 Å². The molecule has 0 radical (unpaired) electrons. The normalized spacial score (nSPS) is 11.8. The van der Waals surface area contributed by atoms with Crippen molar-refractivity contribution >= 4 is 22.0 Å². The molecule has 0 unspecified atom stereocenters. The van der Waals surface area contributed by atoms with Crippen LogP contribution in [0.2, 0.25) is 13.3 Å². The molecular formula is C28H38Sn. The van der Waals surface area contributed by atoms with Crippen LogP contribution in [0.15, 0.2) is 66.7 Å². The van der Waals surface area contributed by atoms with Crippen molar-refractivity contribution in [2.24, 2.45) is 0 Å². The zero-order chi connectivity index (χ0) is 20.8. The van der Waals surface area contributed by atoms with Gasteiger partial charge in [0.1, 0.15) is 0 Å². The fraction of sp³-hybridized carbons (Fsp3) is 0.429. The van der Waals surface area contributed by atoms with Gasteiger partial charge in [-0.1, -0.05) is 0 Å². The quantitative estimate of drug-likeness (QED) is 0.218. The average Bonchev–Trinajstić information content (AvgIpc) is 2.78. The fourth-order valence-electron chi connectivity index (χ4n) is 4.20. The van der Waals surface area contributed by atoms with Crippen molar-refractivity contribution in [2.45, 2.75) is 72.6 Å². The van der Waals surface area contributed by atoms with Gasteiger partial charge in [0.15, 0.2) is 0 Å². The summed E-state index contributed by atoms with van der Waals surface area (Å²) in [6.07, 6.45) is 10.4. The Morgan fingerprint density at radius 1 is 0.724 bits per heavy atom. The first-order valence-electron chi connectivity index (χ1n) is 11.6. The SMILES string of the molecule is CCC[CH2][Sn]([CH2]CCC)([CH2]CCC)/[C](=C/C#Cc1ccccc1)c1ccccc1. The van der Waals surface area contributed by atoms with Crippen molar-refractivity contribution in [3.05, 3.63) is 77.9 Å². The Bertz CT molecular complexity index is 756. The Kier molecular flexibility index (Phi) is 11.3. The van der Waals surface area contributed by atoms with Crippen molar-refractivity contribution < 1.29 is 0 Å². The van der Waals surface area contributed by atoms with Gasteiger partial charge in [-0.2, -0.15) is 0 Å². The van der Waals surface area contributed by atoms with E-state index in [1.807, 2.05) is 0 Å². The molecule has 0 fully saturated rings. The van der Waals surface area contributed by atoms with Crippen molar-refractivity contribution in [3.63, 3.8) is 0 Å². The molecule has 0 spiro atoms. The second-order valence-corrected chi connectivity index (χ2v) is 21.3. The van der Waals surface area contributed by atoms with E-state index in [1.54, 1.807) is 3.59 Å². The molecule has 0 aliphatic carbocycles. The van der Waals surface area contributed by atoms with E-state index in [2.05, 4.69) is 99.4 Å². The first-order valence-corrected chi connectivity index (χ1v) is 19.1. The van der Waals surface area contributed by atoms with Gasteiger partial charge in [-0.05, 0) is 0 Å². The van der Waals surface area contributed by atoms with E-state index < -0.39 is 18.4 Å². The Morgan fingerprint density at radius 2 is 1.21 bits per heavy atom. The molecule has 0 N–H and O–H groups in total. The molecule has 2 aromatic rings. The first-order chi connectivity index (χ1) is 14.3. The molecule has 2 rings (SSSR count). The third-order valence-corrected chi connectivity index (χ3v) is 21.6. The molecule has 0 aliphatic heterocycles. The molecule has 1 heteroatoms. The number of rotatable bonds is 11. The molecule has 0 amide bonds. The summed E-state index contributed by atoms with van der Waals surface area (Å²) in [7, 11) is 0. The summed E-state index contributed by atoms with van der Waals surface area (Å²) in [5, 5.41) is 0. The van der Waals surface area contributed by atoms with E-state index in [9.17, 15) is 0 Å². The number of hydrogen-bond donors (Lipinski definition) is 0. The molecule has 0 aliphatic rings. The van der Waals surface area contributed by atoms with Crippen LogP contribution >= 0.6 is 0 Å². The molecule has 0 atom stereocenters. The zero-order valence-electron chi connectivity index (χ0n) is 18.7. The predicted octanol–water partition coefficient (Wildman–Crippen LogP) is 8.51. The molecule has 0 saturated heterocycles. The van der Waals surface area contributed by atoms with Crippen molar-refractivity contribution in [1.29, 1.82) is 0 Å². The molecule has 0 bridgehead atoms. The summed E-state index contributed by atoms with van der Waals surface area (Å²) >= 11 is -2.55. The van der Waals surface area contributed by atoms with Crippen molar-refractivity contribution in [3.8, 4) is 11.8 Å². The summed E-state index contributed by atoms with van der Waals surface area (Å²) in [6, 6.07) is 21.6. The monoisotopic (exact) mass is 494 g/mol. The van der Waals surface area contributed by atoms with Gasteiger partial charge in [0.05, 0.1) is 0 Å². The molecular weight excluding hydrogens is 455 g/mol. The zero-order valence-corrected chi connectivity index (χ0v) is 21.6. The molecule has 0 nitrogen and oxygen atoms in total. The van der Waals surface area contributed by atoms with E-state index in [1.165, 1.54) is 57.4 Å². The minimum atomic E-state index is -2.55. The Hall–Kier alpha value is -1.46. The standard InChI is InChI=1S/C16H11.3C4H9.Sn/c1-3-9-15(10-4-1)13-7-8-14-16-11-5-2-6-12-16;3*1-3-4-2;/h1-7,9-12H;3*1,3-4H2,2H3;. The van der Waals surface area contributed by atoms with Crippen molar-refractivity contribution in [1.82, 2.24) is 0 Å². The van der Waals surface area contributed by atoms with Crippen LogP contribution < -0.4 is 0 Å². The summed E-state index contributed by atoms with van der Waals surface area (Å²) in [6.45, 7) is 7.03. The maximum atomic E-state index is 3.48. The van der Waals surface area contributed by atoms with Gasteiger partial charge in [-0.15, -0.1) is 0 Å². The van der Waals surface area contributed by atoms with E-state index in [4.69, 9.17) is 0 Å². The third kappa shape index (κ3) is 7.71. The van der Waals surface area contributed by atoms with Crippen LogP contribution in [0.25, 0.3) is 3.59 Å².